The van der Waals surface area contributed by atoms with Crippen LogP contribution < -0.4 is 0 Å². The molecule has 0 amide bonds. The molecule has 0 radical (unpaired) electrons. The number of morpholine rings is 1. The van der Waals surface area contributed by atoms with E-state index in [-0.39, 0.29) is 10.7 Å². The molecule has 0 aliphatic carbocycles. The van der Waals surface area contributed by atoms with Gasteiger partial charge in [0.05, 0.1) is 18.1 Å². The summed E-state index contributed by atoms with van der Waals surface area (Å²) in [6, 6.07) is 11.4. The van der Waals surface area contributed by atoms with Gasteiger partial charge in [0.2, 0.25) is 0 Å². The molecule has 8 heteroatoms. The van der Waals surface area contributed by atoms with Crippen molar-refractivity contribution >= 4 is 27.5 Å². The highest BCUT2D eigenvalue weighted by Gasteiger charge is 2.22. The first-order chi connectivity index (χ1) is 12.0. The SMILES string of the molecule is O=S(=O)(N=C(c1ccc(F)cc1)N1CCOCC1)c1ccc(Cl)cc1. The van der Waals surface area contributed by atoms with Crippen molar-refractivity contribution in [2.75, 3.05) is 26.3 Å². The molecule has 132 valence electrons. The molecule has 5 nitrogen and oxygen atoms in total. The van der Waals surface area contributed by atoms with Crippen molar-refractivity contribution in [3.05, 3.63) is 64.9 Å². The minimum atomic E-state index is -3.93. The Labute approximate surface area is 150 Å². The van der Waals surface area contributed by atoms with Crippen LogP contribution in [0.2, 0.25) is 5.02 Å². The fraction of sp³-hybridized carbons (Fsp3) is 0.235. The summed E-state index contributed by atoms with van der Waals surface area (Å²) in [4.78, 5) is 1.87. The number of hydrogen-bond acceptors (Lipinski definition) is 3. The van der Waals surface area contributed by atoms with Gasteiger partial charge >= 0.3 is 0 Å². The Morgan fingerprint density at radius 1 is 1.04 bits per heavy atom. The number of ether oxygens (including phenoxy) is 1. The lowest BCUT2D eigenvalue weighted by Crippen LogP contribution is -2.41. The molecule has 1 saturated heterocycles. The maximum Gasteiger partial charge on any atom is 0.284 e. The van der Waals surface area contributed by atoms with E-state index in [1.807, 2.05) is 4.90 Å². The first kappa shape index (κ1) is 17.8. The second-order valence-corrected chi connectivity index (χ2v) is 7.49. The standard InChI is InChI=1S/C17H16ClFN2O3S/c18-14-3-7-16(8-4-14)25(22,23)20-17(21-9-11-24-12-10-21)13-1-5-15(19)6-2-13/h1-8H,9-12H2. The molecule has 1 aliphatic heterocycles. The van der Waals surface area contributed by atoms with Crippen molar-refractivity contribution in [1.82, 2.24) is 4.90 Å². The predicted molar refractivity (Wildman–Crippen MR) is 94.0 cm³/mol. The van der Waals surface area contributed by atoms with E-state index in [0.717, 1.165) is 0 Å². The highest BCUT2D eigenvalue weighted by Crippen LogP contribution is 2.19. The molecule has 25 heavy (non-hydrogen) atoms. The van der Waals surface area contributed by atoms with Crippen LogP contribution in [0.1, 0.15) is 5.56 Å². The van der Waals surface area contributed by atoms with Crippen LogP contribution in [0.5, 0.6) is 0 Å². The Balaban J connectivity index is 2.04. The van der Waals surface area contributed by atoms with Gasteiger partial charge in [-0.05, 0) is 48.5 Å². The van der Waals surface area contributed by atoms with Crippen LogP contribution in [0.25, 0.3) is 0 Å². The molecule has 1 heterocycles. The van der Waals surface area contributed by atoms with E-state index in [2.05, 4.69) is 4.40 Å². The van der Waals surface area contributed by atoms with Gasteiger partial charge in [0.1, 0.15) is 11.7 Å². The molecule has 0 aromatic heterocycles. The molecular formula is C17H16ClFN2O3S. The van der Waals surface area contributed by atoms with Crippen molar-refractivity contribution in [2.24, 2.45) is 4.40 Å². The Morgan fingerprint density at radius 3 is 2.24 bits per heavy atom. The molecule has 0 saturated carbocycles. The van der Waals surface area contributed by atoms with Crippen molar-refractivity contribution < 1.29 is 17.5 Å². The third-order valence-corrected chi connectivity index (χ3v) is 5.26. The van der Waals surface area contributed by atoms with E-state index in [4.69, 9.17) is 16.3 Å². The zero-order chi connectivity index (χ0) is 17.9. The summed E-state index contributed by atoms with van der Waals surface area (Å²) >= 11 is 5.81. The molecule has 0 unspecified atom stereocenters. The number of amidine groups is 1. The van der Waals surface area contributed by atoms with E-state index < -0.39 is 15.8 Å². The van der Waals surface area contributed by atoms with Crippen LogP contribution in [0, 0.1) is 5.82 Å². The fourth-order valence-corrected chi connectivity index (χ4v) is 3.60. The monoisotopic (exact) mass is 382 g/mol. The summed E-state index contributed by atoms with van der Waals surface area (Å²) in [5.74, 6) is -0.121. The molecular weight excluding hydrogens is 367 g/mol. The molecule has 1 aliphatic rings. The van der Waals surface area contributed by atoms with Gasteiger partial charge < -0.3 is 9.64 Å². The van der Waals surface area contributed by atoms with Crippen LogP contribution in [0.15, 0.2) is 57.8 Å². The molecule has 2 aromatic carbocycles. The van der Waals surface area contributed by atoms with Crippen molar-refractivity contribution in [1.29, 1.82) is 0 Å². The van der Waals surface area contributed by atoms with Gasteiger partial charge in [-0.15, -0.1) is 4.40 Å². The lowest BCUT2D eigenvalue weighted by Gasteiger charge is -2.29. The number of hydrogen-bond donors (Lipinski definition) is 0. The molecule has 0 N–H and O–H groups in total. The first-order valence-electron chi connectivity index (χ1n) is 7.65. The third-order valence-electron chi connectivity index (χ3n) is 3.73. The quantitative estimate of drug-likeness (QED) is 0.605. The molecule has 0 atom stereocenters. The first-order valence-corrected chi connectivity index (χ1v) is 9.47. The van der Waals surface area contributed by atoms with Crippen LogP contribution in [0.3, 0.4) is 0 Å². The second-order valence-electron chi connectivity index (χ2n) is 5.45. The molecule has 0 bridgehead atoms. The van der Waals surface area contributed by atoms with Crippen molar-refractivity contribution in [3.8, 4) is 0 Å². The smallest absolute Gasteiger partial charge is 0.284 e. The number of nitrogens with zero attached hydrogens (tertiary/aromatic N) is 2. The Morgan fingerprint density at radius 2 is 1.64 bits per heavy atom. The fourth-order valence-electron chi connectivity index (χ4n) is 2.44. The van der Waals surface area contributed by atoms with E-state index in [9.17, 15) is 12.8 Å². The number of sulfonamides is 1. The zero-order valence-electron chi connectivity index (χ0n) is 13.2. The normalized spacial score (nSPS) is 16.1. The number of rotatable bonds is 3. The minimum Gasteiger partial charge on any atom is -0.378 e. The maximum absolute atomic E-state index is 13.2. The average molecular weight is 383 g/mol. The van der Waals surface area contributed by atoms with E-state index in [1.165, 1.54) is 48.5 Å². The van der Waals surface area contributed by atoms with Gasteiger partial charge in [-0.25, -0.2) is 4.39 Å². The third kappa shape index (κ3) is 4.36. The summed E-state index contributed by atoms with van der Waals surface area (Å²) < 4.78 is 47.9. The van der Waals surface area contributed by atoms with Gasteiger partial charge in [-0.2, -0.15) is 8.42 Å². The van der Waals surface area contributed by atoms with Crippen LogP contribution in [0.4, 0.5) is 4.39 Å². The van der Waals surface area contributed by atoms with Gasteiger partial charge in [0.15, 0.2) is 0 Å². The number of halogens is 2. The lowest BCUT2D eigenvalue weighted by atomic mass is 10.2. The predicted octanol–water partition coefficient (Wildman–Crippen LogP) is 2.95. The summed E-state index contributed by atoms with van der Waals surface area (Å²) in [5.41, 5.74) is 0.529. The zero-order valence-corrected chi connectivity index (χ0v) is 14.8. The molecule has 1 fully saturated rings. The average Bonchev–Trinajstić information content (AvgIpc) is 2.62. The van der Waals surface area contributed by atoms with Crippen LogP contribution >= 0.6 is 11.6 Å². The second kappa shape index (κ2) is 7.51. The van der Waals surface area contributed by atoms with E-state index >= 15 is 0 Å². The minimum absolute atomic E-state index is 0.0461. The number of benzene rings is 2. The van der Waals surface area contributed by atoms with Crippen molar-refractivity contribution in [2.45, 2.75) is 4.90 Å². The van der Waals surface area contributed by atoms with Crippen molar-refractivity contribution in [3.63, 3.8) is 0 Å². The van der Waals surface area contributed by atoms with Gasteiger partial charge in [-0.1, -0.05) is 11.6 Å². The largest absolute Gasteiger partial charge is 0.378 e. The van der Waals surface area contributed by atoms with E-state index in [0.29, 0.717) is 36.9 Å². The summed E-state index contributed by atoms with van der Waals surface area (Å²) in [6.45, 7) is 1.96. The van der Waals surface area contributed by atoms with Gasteiger partial charge in [0, 0.05) is 23.7 Å². The summed E-state index contributed by atoms with van der Waals surface area (Å²) in [5, 5.41) is 0.440. The Hall–Kier alpha value is -1.96. The van der Waals surface area contributed by atoms with Gasteiger partial charge in [-0.3, -0.25) is 0 Å². The highest BCUT2D eigenvalue weighted by atomic mass is 35.5. The summed E-state index contributed by atoms with van der Waals surface area (Å²) in [7, 11) is -3.93. The molecule has 2 aromatic rings. The molecule has 3 rings (SSSR count). The van der Waals surface area contributed by atoms with Gasteiger partial charge in [0.25, 0.3) is 10.0 Å². The highest BCUT2D eigenvalue weighted by molar-refractivity contribution is 7.90. The van der Waals surface area contributed by atoms with Crippen LogP contribution in [-0.4, -0.2) is 45.5 Å². The molecule has 0 spiro atoms. The van der Waals surface area contributed by atoms with E-state index in [1.54, 1.807) is 0 Å². The maximum atomic E-state index is 13.2. The summed E-state index contributed by atoms with van der Waals surface area (Å²) in [6.07, 6.45) is 0. The Kier molecular flexibility index (Phi) is 5.36. The topological polar surface area (TPSA) is 59.0 Å². The van der Waals surface area contributed by atoms with Crippen LogP contribution in [-0.2, 0) is 14.8 Å². The lowest BCUT2D eigenvalue weighted by molar-refractivity contribution is 0.0683. The Bertz CT molecular complexity index is 862.